The van der Waals surface area contributed by atoms with Crippen LogP contribution in [0, 0.1) is 0 Å². The van der Waals surface area contributed by atoms with Gasteiger partial charge in [0.15, 0.2) is 11.0 Å². The molecule has 0 spiro atoms. The fourth-order valence-corrected chi connectivity index (χ4v) is 3.10. The maximum atomic E-state index is 12.6. The molecule has 0 bridgehead atoms. The smallest absolute Gasteiger partial charge is 0.337 e. The minimum absolute atomic E-state index is 0.540. The van der Waals surface area contributed by atoms with E-state index in [2.05, 4.69) is 20.3 Å². The molecule has 0 unspecified atom stereocenters. The summed E-state index contributed by atoms with van der Waals surface area (Å²) in [6, 6.07) is 12.5. The third kappa shape index (κ3) is 3.20. The Morgan fingerprint density at radius 1 is 0.960 bits per heavy atom. The van der Waals surface area contributed by atoms with Gasteiger partial charge in [0.1, 0.15) is 5.69 Å². The minimum Gasteiger partial charge on any atom is -0.337 e. The van der Waals surface area contributed by atoms with Gasteiger partial charge in [-0.3, -0.25) is 0 Å². The molecule has 0 atom stereocenters. The van der Waals surface area contributed by atoms with Crippen molar-refractivity contribution < 1.29 is 13.2 Å². The molecule has 4 rings (SSSR count). The van der Waals surface area contributed by atoms with Crippen LogP contribution in [0.2, 0.25) is 0 Å². The number of hydrogen-bond donors (Lipinski definition) is 2. The average Bonchev–Trinajstić information content (AvgIpc) is 3.20. The molecule has 8 heteroatoms. The second-order valence-electron chi connectivity index (χ2n) is 5.34. The summed E-state index contributed by atoms with van der Waals surface area (Å²) in [7, 11) is 0. The molecule has 0 aliphatic carbocycles. The van der Waals surface area contributed by atoms with Gasteiger partial charge in [0, 0.05) is 11.1 Å². The molecule has 4 nitrogen and oxygen atoms in total. The quantitative estimate of drug-likeness (QED) is 0.511. The molecule has 2 aromatic carbocycles. The van der Waals surface area contributed by atoms with Gasteiger partial charge in [-0.25, -0.2) is 9.97 Å². The first-order valence-electron chi connectivity index (χ1n) is 7.34. The molecule has 126 valence electrons. The van der Waals surface area contributed by atoms with Crippen molar-refractivity contribution >= 4 is 33.2 Å². The first-order valence-corrected chi connectivity index (χ1v) is 8.22. The van der Waals surface area contributed by atoms with Crippen molar-refractivity contribution in [3.8, 4) is 11.5 Å². The molecule has 0 aliphatic heterocycles. The molecule has 0 radical (unpaired) electrons. The van der Waals surface area contributed by atoms with Gasteiger partial charge < -0.3 is 10.3 Å². The maximum Gasteiger partial charge on any atom is 0.416 e. The largest absolute Gasteiger partial charge is 0.416 e. The molecule has 2 heterocycles. The first-order chi connectivity index (χ1) is 12.0. The van der Waals surface area contributed by atoms with E-state index in [0.29, 0.717) is 22.3 Å². The van der Waals surface area contributed by atoms with Crippen LogP contribution in [0.25, 0.3) is 22.6 Å². The van der Waals surface area contributed by atoms with Crippen LogP contribution in [0.3, 0.4) is 0 Å². The van der Waals surface area contributed by atoms with E-state index in [-0.39, 0.29) is 0 Å². The molecule has 2 aromatic heterocycles. The molecule has 0 saturated heterocycles. The SMILES string of the molecule is FC(F)(F)c1ccc(Nc2nc(-c3nc4ccccc4[nH]3)cs2)cc1. The number of halogens is 3. The number of thiazole rings is 1. The molecule has 0 fully saturated rings. The summed E-state index contributed by atoms with van der Waals surface area (Å²) in [6.07, 6.45) is -4.34. The predicted octanol–water partition coefficient (Wildman–Crippen LogP) is 5.45. The zero-order valence-electron chi connectivity index (χ0n) is 12.6. The molecule has 0 aliphatic rings. The lowest BCUT2D eigenvalue weighted by molar-refractivity contribution is -0.137. The third-order valence-electron chi connectivity index (χ3n) is 3.60. The Hall–Kier alpha value is -2.87. The Balaban J connectivity index is 1.55. The Morgan fingerprint density at radius 3 is 2.44 bits per heavy atom. The van der Waals surface area contributed by atoms with Gasteiger partial charge >= 0.3 is 6.18 Å². The number of fused-ring (bicyclic) bond motifs is 1. The topological polar surface area (TPSA) is 53.6 Å². The van der Waals surface area contributed by atoms with E-state index >= 15 is 0 Å². The number of alkyl halides is 3. The fourth-order valence-electron chi connectivity index (χ4n) is 2.38. The highest BCUT2D eigenvalue weighted by molar-refractivity contribution is 7.14. The predicted molar refractivity (Wildman–Crippen MR) is 91.9 cm³/mol. The lowest BCUT2D eigenvalue weighted by Crippen LogP contribution is -2.04. The minimum atomic E-state index is -4.34. The number of imidazole rings is 1. The van der Waals surface area contributed by atoms with Crippen molar-refractivity contribution in [1.29, 1.82) is 0 Å². The summed E-state index contributed by atoms with van der Waals surface area (Å²) in [5.41, 5.74) is 2.31. The monoisotopic (exact) mass is 360 g/mol. The van der Waals surface area contributed by atoms with Crippen LogP contribution in [0.4, 0.5) is 24.0 Å². The normalized spacial score (nSPS) is 11.8. The van der Waals surface area contributed by atoms with Gasteiger partial charge in [-0.15, -0.1) is 11.3 Å². The fraction of sp³-hybridized carbons (Fsp3) is 0.0588. The van der Waals surface area contributed by atoms with Crippen LogP contribution < -0.4 is 5.32 Å². The van der Waals surface area contributed by atoms with E-state index in [1.807, 2.05) is 29.6 Å². The van der Waals surface area contributed by atoms with E-state index < -0.39 is 11.7 Å². The van der Waals surface area contributed by atoms with E-state index in [1.165, 1.54) is 23.5 Å². The van der Waals surface area contributed by atoms with Crippen LogP contribution in [-0.4, -0.2) is 15.0 Å². The maximum absolute atomic E-state index is 12.6. The second kappa shape index (κ2) is 5.89. The summed E-state index contributed by atoms with van der Waals surface area (Å²) in [5, 5.41) is 5.42. The zero-order valence-corrected chi connectivity index (χ0v) is 13.4. The third-order valence-corrected chi connectivity index (χ3v) is 4.36. The van der Waals surface area contributed by atoms with Crippen molar-refractivity contribution in [1.82, 2.24) is 15.0 Å². The van der Waals surface area contributed by atoms with Crippen LogP contribution in [0.15, 0.2) is 53.9 Å². The van der Waals surface area contributed by atoms with Gasteiger partial charge in [-0.2, -0.15) is 13.2 Å². The van der Waals surface area contributed by atoms with E-state index in [0.717, 1.165) is 23.2 Å². The molecule has 4 aromatic rings. The molecular weight excluding hydrogens is 349 g/mol. The first kappa shape index (κ1) is 15.6. The lowest BCUT2D eigenvalue weighted by Gasteiger charge is -2.07. The van der Waals surface area contributed by atoms with Gasteiger partial charge in [0.2, 0.25) is 0 Å². The van der Waals surface area contributed by atoms with Gasteiger partial charge in [0.05, 0.1) is 16.6 Å². The number of hydrogen-bond acceptors (Lipinski definition) is 4. The Bertz CT molecular complexity index is 985. The van der Waals surface area contributed by atoms with Crippen molar-refractivity contribution in [3.05, 3.63) is 59.5 Å². The highest BCUT2D eigenvalue weighted by Gasteiger charge is 2.29. The van der Waals surface area contributed by atoms with Gasteiger partial charge in [0.25, 0.3) is 0 Å². The zero-order chi connectivity index (χ0) is 17.4. The number of para-hydroxylation sites is 2. The van der Waals surface area contributed by atoms with Crippen molar-refractivity contribution in [2.75, 3.05) is 5.32 Å². The van der Waals surface area contributed by atoms with Crippen molar-refractivity contribution in [2.45, 2.75) is 6.18 Å². The van der Waals surface area contributed by atoms with E-state index in [1.54, 1.807) is 0 Å². The molecule has 2 N–H and O–H groups in total. The lowest BCUT2D eigenvalue weighted by atomic mass is 10.2. The highest BCUT2D eigenvalue weighted by Crippen LogP contribution is 2.31. The molecule has 0 saturated carbocycles. The van der Waals surface area contributed by atoms with Crippen molar-refractivity contribution in [2.24, 2.45) is 0 Å². The highest BCUT2D eigenvalue weighted by atomic mass is 32.1. The number of aromatic nitrogens is 3. The number of nitrogens with zero attached hydrogens (tertiary/aromatic N) is 2. The number of anilines is 2. The van der Waals surface area contributed by atoms with Crippen LogP contribution in [0.1, 0.15) is 5.56 Å². The van der Waals surface area contributed by atoms with E-state index in [4.69, 9.17) is 0 Å². The second-order valence-corrected chi connectivity index (χ2v) is 6.20. The van der Waals surface area contributed by atoms with Crippen molar-refractivity contribution in [3.63, 3.8) is 0 Å². The number of aromatic amines is 1. The van der Waals surface area contributed by atoms with E-state index in [9.17, 15) is 13.2 Å². The number of H-pyrrole nitrogens is 1. The average molecular weight is 360 g/mol. The summed E-state index contributed by atoms with van der Waals surface area (Å²) in [4.78, 5) is 12.1. The number of rotatable bonds is 3. The summed E-state index contributed by atoms with van der Waals surface area (Å²) >= 11 is 1.35. The summed E-state index contributed by atoms with van der Waals surface area (Å²) in [6.45, 7) is 0. The van der Waals surface area contributed by atoms with Gasteiger partial charge in [-0.1, -0.05) is 12.1 Å². The number of nitrogens with one attached hydrogen (secondary N) is 2. The standard InChI is InChI=1S/C17H11F3N4S/c18-17(19,20)10-5-7-11(8-6-10)21-16-24-14(9-25-16)15-22-12-3-1-2-4-13(12)23-15/h1-9H,(H,21,24)(H,22,23). The Labute approximate surface area is 144 Å². The molecule has 25 heavy (non-hydrogen) atoms. The Kier molecular flexibility index (Phi) is 3.69. The summed E-state index contributed by atoms with van der Waals surface area (Å²) < 4.78 is 37.8. The van der Waals surface area contributed by atoms with Crippen LogP contribution in [0.5, 0.6) is 0 Å². The molecule has 0 amide bonds. The molecular formula is C17H11F3N4S. The van der Waals surface area contributed by atoms with Crippen LogP contribution >= 0.6 is 11.3 Å². The van der Waals surface area contributed by atoms with Crippen LogP contribution in [-0.2, 0) is 6.18 Å². The Morgan fingerprint density at radius 2 is 1.72 bits per heavy atom. The number of benzene rings is 2. The van der Waals surface area contributed by atoms with Gasteiger partial charge in [-0.05, 0) is 36.4 Å². The summed E-state index contributed by atoms with van der Waals surface area (Å²) in [5.74, 6) is 0.651.